The van der Waals surface area contributed by atoms with Gasteiger partial charge in [0.05, 0.1) is 11.4 Å². The van der Waals surface area contributed by atoms with Crippen molar-refractivity contribution in [3.8, 4) is 11.5 Å². The molecule has 0 saturated heterocycles. The first-order chi connectivity index (χ1) is 35.7. The number of rotatable bonds is 20. The van der Waals surface area contributed by atoms with Crippen molar-refractivity contribution in [1.82, 2.24) is 10.6 Å². The first-order valence-corrected chi connectivity index (χ1v) is 24.3. The van der Waals surface area contributed by atoms with E-state index in [1.165, 1.54) is 72.8 Å². The molecule has 0 bridgehead atoms. The third-order valence-electron chi connectivity index (χ3n) is 10.7. The van der Waals surface area contributed by atoms with E-state index in [9.17, 15) is 84.7 Å². The second-order valence-electron chi connectivity index (χ2n) is 16.0. The molecule has 76 heavy (non-hydrogen) atoms. The van der Waals surface area contributed by atoms with Gasteiger partial charge in [0.1, 0.15) is 33.2 Å². The van der Waals surface area contributed by atoms with Crippen LogP contribution in [-0.4, -0.2) is 116 Å². The molecule has 0 spiro atoms. The van der Waals surface area contributed by atoms with Crippen LogP contribution in [0.2, 0.25) is 0 Å². The largest absolute Gasteiger partial charge is 0.505 e. The molecule has 0 aromatic heterocycles. The van der Waals surface area contributed by atoms with Crippen LogP contribution in [0, 0.1) is 0 Å². The number of amides is 4. The zero-order chi connectivity index (χ0) is 55.8. The Labute approximate surface area is 425 Å². The lowest BCUT2D eigenvalue weighted by Gasteiger charge is -2.13. The predicted molar refractivity (Wildman–Crippen MR) is 261 cm³/mol. The predicted octanol–water partition coefficient (Wildman–Crippen LogP) is 5.40. The Morgan fingerprint density at radius 1 is 0.474 bits per heavy atom. The first-order valence-electron chi connectivity index (χ1n) is 21.4. The maximum Gasteiger partial charge on any atom is 0.326 e. The molecule has 0 saturated carbocycles. The number of nitrogens with zero attached hydrogens (tertiary/aromatic N) is 4. The van der Waals surface area contributed by atoms with Gasteiger partial charge in [0, 0.05) is 46.1 Å². The van der Waals surface area contributed by atoms with Crippen molar-refractivity contribution in [3.63, 3.8) is 0 Å². The molecule has 394 valence electrons. The summed E-state index contributed by atoms with van der Waals surface area (Å²) in [4.78, 5) is 94.1. The van der Waals surface area contributed by atoms with E-state index < -0.39 is 138 Å². The standard InChI is InChI=1S/C46H38N8O20S2/c55-35(56)15-13-31(45(65)66)49-41(61)21-1-5-25(6-2-21)51-53-37-33(75(69,70)71)19-23-17-27(9-11-29(23)39(37)59)47-43(63)44(64)48-28-10-12-30-24(18-28)20-34(76(72,73)74)38(40(30)60)54-52-26-7-3-22(4-8-26)42(62)50-32(46(67)68)14-16-36(57)58/h1-12,17-20,31-32,59-60H,13-16H2,(H,47,63)(H,48,64)(H,49,61)(H,50,62)(H,55,56)(H,57,58)(H,65,66)(H,67,68)(H,69,70,71)(H,72,73,74). The number of azo groups is 2. The van der Waals surface area contributed by atoms with E-state index in [-0.39, 0.29) is 55.4 Å². The van der Waals surface area contributed by atoms with Gasteiger partial charge in [-0.25, -0.2) is 9.59 Å². The van der Waals surface area contributed by atoms with Crippen LogP contribution in [0.15, 0.2) is 127 Å². The maximum atomic E-state index is 13.1. The van der Waals surface area contributed by atoms with Crippen molar-refractivity contribution >= 4 is 123 Å². The molecular formula is C46H38N8O20S2. The Morgan fingerprint density at radius 2 is 0.816 bits per heavy atom. The van der Waals surface area contributed by atoms with Gasteiger partial charge in [-0.05, 0) is 121 Å². The quantitative estimate of drug-likeness (QED) is 0.0258. The number of anilines is 2. The van der Waals surface area contributed by atoms with Gasteiger partial charge in [-0.3, -0.25) is 37.9 Å². The molecule has 30 heteroatoms. The monoisotopic (exact) mass is 1090 g/mol. The topological polar surface area (TPSA) is 464 Å². The second-order valence-corrected chi connectivity index (χ2v) is 18.7. The third-order valence-corrected chi connectivity index (χ3v) is 12.4. The molecule has 0 aliphatic rings. The number of phenols is 2. The number of benzene rings is 6. The van der Waals surface area contributed by atoms with Gasteiger partial charge in [-0.1, -0.05) is 0 Å². The summed E-state index contributed by atoms with van der Waals surface area (Å²) in [5.41, 5.74) is -1.90. The van der Waals surface area contributed by atoms with Crippen LogP contribution in [0.4, 0.5) is 34.1 Å². The second kappa shape index (κ2) is 23.0. The lowest BCUT2D eigenvalue weighted by atomic mass is 10.1. The Balaban J connectivity index is 1.16. The lowest BCUT2D eigenvalue weighted by molar-refractivity contribution is -0.142. The summed E-state index contributed by atoms with van der Waals surface area (Å²) in [5, 5.41) is 82.4. The zero-order valence-corrected chi connectivity index (χ0v) is 39.9. The molecule has 6 aromatic rings. The number of hydrogen-bond donors (Lipinski definition) is 12. The van der Waals surface area contributed by atoms with Crippen LogP contribution >= 0.6 is 0 Å². The average molecular weight is 1090 g/mol. The highest BCUT2D eigenvalue weighted by Gasteiger charge is 2.27. The van der Waals surface area contributed by atoms with Crippen LogP contribution in [0.1, 0.15) is 46.4 Å². The summed E-state index contributed by atoms with van der Waals surface area (Å²) in [6.45, 7) is 0. The molecule has 2 unspecified atom stereocenters. The number of fused-ring (bicyclic) bond motifs is 2. The average Bonchev–Trinajstić information content (AvgIpc) is 3.34. The number of carbonyl (C=O) groups is 8. The number of nitrogens with one attached hydrogen (secondary N) is 4. The summed E-state index contributed by atoms with van der Waals surface area (Å²) in [5.74, 6) is -11.4. The minimum atomic E-state index is -5.15. The van der Waals surface area contributed by atoms with Crippen LogP contribution in [-0.2, 0) is 49.0 Å². The van der Waals surface area contributed by atoms with E-state index in [0.29, 0.717) is 0 Å². The normalized spacial score (nSPS) is 12.5. The van der Waals surface area contributed by atoms with Crippen LogP contribution < -0.4 is 21.3 Å². The Kier molecular flexibility index (Phi) is 16.8. The Morgan fingerprint density at radius 3 is 1.12 bits per heavy atom. The van der Waals surface area contributed by atoms with E-state index in [1.807, 2.05) is 0 Å². The minimum absolute atomic E-state index is 0.0181. The number of carbonyl (C=O) groups excluding carboxylic acids is 4. The summed E-state index contributed by atoms with van der Waals surface area (Å²) >= 11 is 0. The number of carboxylic acids is 4. The van der Waals surface area contributed by atoms with E-state index in [1.54, 1.807) is 0 Å². The fraction of sp³-hybridized carbons (Fsp3) is 0.130. The number of carboxylic acid groups (broad SMARTS) is 4. The lowest BCUT2D eigenvalue weighted by Crippen LogP contribution is -2.41. The molecule has 12 N–H and O–H groups in total. The van der Waals surface area contributed by atoms with Crippen molar-refractivity contribution in [2.45, 2.75) is 47.6 Å². The van der Waals surface area contributed by atoms with Gasteiger partial charge in [-0.2, -0.15) is 27.1 Å². The fourth-order valence-electron chi connectivity index (χ4n) is 6.93. The van der Waals surface area contributed by atoms with E-state index in [2.05, 4.69) is 41.7 Å². The van der Waals surface area contributed by atoms with Gasteiger partial charge >= 0.3 is 35.7 Å². The number of hydrogen-bond acceptors (Lipinski definition) is 18. The van der Waals surface area contributed by atoms with E-state index in [0.717, 1.165) is 24.3 Å². The Hall–Kier alpha value is -9.78. The summed E-state index contributed by atoms with van der Waals surface area (Å²) in [6.07, 6.45) is -1.84. The molecular weight excluding hydrogens is 1050 g/mol. The molecule has 28 nitrogen and oxygen atoms in total. The molecule has 6 rings (SSSR count). The summed E-state index contributed by atoms with van der Waals surface area (Å²) < 4.78 is 70.1. The van der Waals surface area contributed by atoms with E-state index >= 15 is 0 Å². The summed E-state index contributed by atoms with van der Waals surface area (Å²) in [6, 6.07) is 15.4. The number of aromatic hydroxyl groups is 2. The fourth-order valence-corrected chi connectivity index (χ4v) is 8.24. The van der Waals surface area contributed by atoms with Gasteiger partial charge < -0.3 is 51.9 Å². The first kappa shape index (κ1) is 55.5. The molecule has 0 heterocycles. The highest BCUT2D eigenvalue weighted by molar-refractivity contribution is 7.86. The molecule has 2 atom stereocenters. The number of aliphatic carboxylic acids is 4. The van der Waals surface area contributed by atoms with Gasteiger partial charge in [0.15, 0.2) is 11.5 Å². The molecule has 6 aromatic carbocycles. The molecule has 0 aliphatic carbocycles. The molecule has 0 fully saturated rings. The maximum absolute atomic E-state index is 13.1. The van der Waals surface area contributed by atoms with Gasteiger partial charge in [0.25, 0.3) is 32.1 Å². The third kappa shape index (κ3) is 13.8. The Bertz CT molecular complexity index is 3440. The molecule has 0 aliphatic heterocycles. The number of phenolic OH excluding ortho intramolecular Hbond substituents is 2. The smallest absolute Gasteiger partial charge is 0.326 e. The van der Waals surface area contributed by atoms with Crippen molar-refractivity contribution in [1.29, 1.82) is 0 Å². The highest BCUT2D eigenvalue weighted by atomic mass is 32.2. The molecule has 4 amide bonds. The van der Waals surface area contributed by atoms with Gasteiger partial charge in [0.2, 0.25) is 0 Å². The van der Waals surface area contributed by atoms with Crippen LogP contribution in [0.3, 0.4) is 0 Å². The highest BCUT2D eigenvalue weighted by Crippen LogP contribution is 2.43. The van der Waals surface area contributed by atoms with Crippen molar-refractivity contribution < 1.29 is 94.9 Å². The SMILES string of the molecule is O=C(O)CCC(NC(=O)c1ccc(N=Nc2c(S(=O)(=O)O)cc3cc(NC(=O)C(=O)Nc4ccc5c(O)c(N=Nc6ccc(C(=O)NC(CCC(=O)O)C(=O)O)cc6)c(S(=O)(=O)O)cc5c4)ccc3c2O)cc1)C(=O)O. The van der Waals surface area contributed by atoms with Crippen molar-refractivity contribution in [2.24, 2.45) is 20.5 Å². The van der Waals surface area contributed by atoms with E-state index in [4.69, 9.17) is 10.2 Å². The van der Waals surface area contributed by atoms with Crippen molar-refractivity contribution in [2.75, 3.05) is 10.6 Å². The minimum Gasteiger partial charge on any atom is -0.505 e. The van der Waals surface area contributed by atoms with Gasteiger partial charge in [-0.15, -0.1) is 10.2 Å². The van der Waals surface area contributed by atoms with Crippen LogP contribution in [0.25, 0.3) is 21.5 Å². The van der Waals surface area contributed by atoms with Crippen molar-refractivity contribution in [3.05, 3.63) is 108 Å². The summed E-state index contributed by atoms with van der Waals surface area (Å²) in [7, 11) is -10.3. The zero-order valence-electron chi connectivity index (χ0n) is 38.3. The molecule has 0 radical (unpaired) electrons. The van der Waals surface area contributed by atoms with Crippen LogP contribution in [0.5, 0.6) is 11.5 Å².